The Morgan fingerprint density at radius 1 is 1.17 bits per heavy atom. The van der Waals surface area contributed by atoms with Crippen LogP contribution >= 0.6 is 0 Å². The van der Waals surface area contributed by atoms with Gasteiger partial charge in [-0.15, -0.1) is 0 Å². The smallest absolute Gasteiger partial charge is 0.256 e. The van der Waals surface area contributed by atoms with Gasteiger partial charge in [0.15, 0.2) is 5.82 Å². The lowest BCUT2D eigenvalue weighted by Gasteiger charge is -2.28. The fraction of sp³-hybridized carbons (Fsp3) is 0.429. The Balaban J connectivity index is 1.71. The van der Waals surface area contributed by atoms with Crippen molar-refractivity contribution in [3.63, 3.8) is 0 Å². The molecule has 94 valence electrons. The molecular weight excluding hydrogens is 231 g/mol. The number of amides is 1. The van der Waals surface area contributed by atoms with Crippen LogP contribution in [-0.4, -0.2) is 28.9 Å². The van der Waals surface area contributed by atoms with Crippen LogP contribution in [0, 0.1) is 5.82 Å². The second kappa shape index (κ2) is 4.52. The average molecular weight is 246 g/mol. The van der Waals surface area contributed by atoms with Crippen molar-refractivity contribution >= 4 is 5.91 Å². The van der Waals surface area contributed by atoms with Crippen molar-refractivity contribution in [3.8, 4) is 0 Å². The highest BCUT2D eigenvalue weighted by atomic mass is 19.1. The number of hydrogen-bond donors (Lipinski definition) is 0. The molecule has 1 aliphatic carbocycles. The van der Waals surface area contributed by atoms with Gasteiger partial charge < -0.3 is 4.90 Å². The number of halogens is 1. The summed E-state index contributed by atoms with van der Waals surface area (Å²) in [6, 6.07) is 1.45. The molecule has 0 aromatic carbocycles. The Bertz CT molecular complexity index is 508. The largest absolute Gasteiger partial charge is 0.338 e. The first-order valence-electron chi connectivity index (χ1n) is 6.34. The first-order valence-corrected chi connectivity index (χ1v) is 6.34. The van der Waals surface area contributed by atoms with E-state index in [1.807, 2.05) is 0 Å². The molecule has 0 bridgehead atoms. The highest BCUT2D eigenvalue weighted by molar-refractivity contribution is 5.94. The minimum absolute atomic E-state index is 0.132. The predicted octanol–water partition coefficient (Wildman–Crippen LogP) is 2.55. The number of carbonyl (C=O) groups excluding carboxylic acids is 1. The van der Waals surface area contributed by atoms with Gasteiger partial charge in [0, 0.05) is 19.3 Å². The van der Waals surface area contributed by atoms with Crippen LogP contribution in [0.3, 0.4) is 0 Å². The van der Waals surface area contributed by atoms with Gasteiger partial charge in [0.1, 0.15) is 0 Å². The summed E-state index contributed by atoms with van der Waals surface area (Å²) in [5.41, 5.74) is 3.24. The predicted molar refractivity (Wildman–Crippen MR) is 65.6 cm³/mol. The number of aromatic nitrogens is 1. The number of piperidine rings is 1. The Morgan fingerprint density at radius 3 is 2.44 bits per heavy atom. The summed E-state index contributed by atoms with van der Waals surface area (Å²) in [4.78, 5) is 17.6. The number of pyridine rings is 1. The summed E-state index contributed by atoms with van der Waals surface area (Å²) in [5, 5.41) is 0. The van der Waals surface area contributed by atoms with Gasteiger partial charge in [-0.2, -0.15) is 0 Å². The molecule has 18 heavy (non-hydrogen) atoms. The summed E-state index contributed by atoms with van der Waals surface area (Å²) in [5.74, 6) is -0.747. The van der Waals surface area contributed by atoms with Gasteiger partial charge in [-0.3, -0.25) is 9.78 Å². The zero-order chi connectivity index (χ0) is 12.5. The van der Waals surface area contributed by atoms with Crippen LogP contribution < -0.4 is 0 Å². The molecule has 1 saturated heterocycles. The Morgan fingerprint density at radius 2 is 1.83 bits per heavy atom. The zero-order valence-electron chi connectivity index (χ0n) is 10.2. The van der Waals surface area contributed by atoms with Crippen LogP contribution in [-0.2, 0) is 0 Å². The van der Waals surface area contributed by atoms with Crippen molar-refractivity contribution in [2.24, 2.45) is 0 Å². The molecule has 1 aliphatic heterocycles. The number of nitrogens with zero attached hydrogens (tertiary/aromatic N) is 2. The lowest BCUT2D eigenvalue weighted by molar-refractivity contribution is 0.0738. The first kappa shape index (κ1) is 11.4. The monoisotopic (exact) mass is 246 g/mol. The summed E-state index contributed by atoms with van der Waals surface area (Å²) in [6.45, 7) is 1.42. The maximum Gasteiger partial charge on any atom is 0.256 e. The molecule has 1 aromatic rings. The van der Waals surface area contributed by atoms with Crippen molar-refractivity contribution in [1.82, 2.24) is 9.88 Å². The third-order valence-electron chi connectivity index (χ3n) is 3.66. The van der Waals surface area contributed by atoms with E-state index in [1.54, 1.807) is 10.5 Å². The molecule has 0 unspecified atom stereocenters. The third kappa shape index (κ3) is 2.15. The Hall–Kier alpha value is -1.71. The van der Waals surface area contributed by atoms with Crippen LogP contribution in [0.1, 0.15) is 36.0 Å². The van der Waals surface area contributed by atoms with Crippen LogP contribution in [0.2, 0.25) is 0 Å². The highest BCUT2D eigenvalue weighted by Gasteiger charge is 2.26. The summed E-state index contributed by atoms with van der Waals surface area (Å²) in [7, 11) is 0. The molecule has 2 heterocycles. The van der Waals surface area contributed by atoms with E-state index in [0.717, 1.165) is 19.0 Å². The summed E-state index contributed by atoms with van der Waals surface area (Å²) in [6.07, 6.45) is 6.93. The minimum atomic E-state index is -0.533. The molecule has 3 rings (SSSR count). The van der Waals surface area contributed by atoms with E-state index in [9.17, 15) is 9.18 Å². The van der Waals surface area contributed by atoms with Gasteiger partial charge in [-0.1, -0.05) is 11.1 Å². The highest BCUT2D eigenvalue weighted by Crippen LogP contribution is 2.36. The van der Waals surface area contributed by atoms with Gasteiger partial charge in [0.2, 0.25) is 0 Å². The van der Waals surface area contributed by atoms with E-state index in [2.05, 4.69) is 4.98 Å². The molecule has 4 heteroatoms. The number of carbonyl (C=O) groups is 1. The van der Waals surface area contributed by atoms with Crippen LogP contribution in [0.5, 0.6) is 0 Å². The van der Waals surface area contributed by atoms with Gasteiger partial charge in [0.25, 0.3) is 5.91 Å². The van der Waals surface area contributed by atoms with Crippen molar-refractivity contribution in [2.45, 2.75) is 25.7 Å². The van der Waals surface area contributed by atoms with E-state index in [-0.39, 0.29) is 11.5 Å². The molecule has 3 nitrogen and oxygen atoms in total. The molecule has 2 aliphatic rings. The fourth-order valence-electron chi connectivity index (χ4n) is 2.47. The number of rotatable bonds is 1. The quantitative estimate of drug-likeness (QED) is 0.713. The lowest BCUT2D eigenvalue weighted by atomic mass is 10.0. The standard InChI is InChI=1S/C14H15FN2O/c15-13-9-16-6-3-12(13)14(18)17-7-4-11(5-8-17)10-1-2-10/h3,6,9H,1-2,4-5,7-8H2. The lowest BCUT2D eigenvalue weighted by Crippen LogP contribution is -2.36. The maximum atomic E-state index is 13.5. The third-order valence-corrected chi connectivity index (χ3v) is 3.66. The molecular formula is C14H15FN2O. The van der Waals surface area contributed by atoms with Gasteiger partial charge >= 0.3 is 0 Å². The fourth-order valence-corrected chi connectivity index (χ4v) is 2.47. The normalized spacial score (nSPS) is 19.1. The van der Waals surface area contributed by atoms with E-state index < -0.39 is 5.82 Å². The van der Waals surface area contributed by atoms with Crippen LogP contribution in [0.4, 0.5) is 4.39 Å². The number of hydrogen-bond acceptors (Lipinski definition) is 2. The molecule has 0 radical (unpaired) electrons. The molecule has 2 fully saturated rings. The molecule has 0 spiro atoms. The zero-order valence-corrected chi connectivity index (χ0v) is 10.2. The minimum Gasteiger partial charge on any atom is -0.338 e. The van der Waals surface area contributed by atoms with Crippen molar-refractivity contribution < 1.29 is 9.18 Å². The van der Waals surface area contributed by atoms with Gasteiger partial charge in [-0.25, -0.2) is 4.39 Å². The van der Waals surface area contributed by atoms with Crippen LogP contribution in [0.15, 0.2) is 29.6 Å². The molecule has 1 aromatic heterocycles. The van der Waals surface area contributed by atoms with E-state index in [1.165, 1.54) is 30.7 Å². The molecule has 1 amide bonds. The second-order valence-electron chi connectivity index (χ2n) is 4.85. The van der Waals surface area contributed by atoms with Crippen molar-refractivity contribution in [3.05, 3.63) is 41.0 Å². The Kier molecular flexibility index (Phi) is 2.86. The first-order chi connectivity index (χ1) is 8.75. The van der Waals surface area contributed by atoms with Gasteiger partial charge in [-0.05, 0) is 31.7 Å². The SMILES string of the molecule is O=C(c1ccncc1F)N1CCC(=C2CC2)CC1. The van der Waals surface area contributed by atoms with E-state index in [0.29, 0.717) is 13.1 Å². The van der Waals surface area contributed by atoms with Crippen molar-refractivity contribution in [2.75, 3.05) is 13.1 Å². The van der Waals surface area contributed by atoms with E-state index in [4.69, 9.17) is 0 Å². The van der Waals surface area contributed by atoms with Gasteiger partial charge in [0.05, 0.1) is 11.8 Å². The summed E-state index contributed by atoms with van der Waals surface area (Å²) >= 11 is 0. The van der Waals surface area contributed by atoms with Crippen molar-refractivity contribution in [1.29, 1.82) is 0 Å². The van der Waals surface area contributed by atoms with E-state index >= 15 is 0 Å². The summed E-state index contributed by atoms with van der Waals surface area (Å²) < 4.78 is 13.5. The molecule has 0 atom stereocenters. The topological polar surface area (TPSA) is 33.2 Å². The number of likely N-dealkylation sites (tertiary alicyclic amines) is 1. The molecule has 1 saturated carbocycles. The second-order valence-corrected chi connectivity index (χ2v) is 4.85. The Labute approximate surface area is 105 Å². The molecule has 0 N–H and O–H groups in total. The number of allylic oxidation sites excluding steroid dienone is 1. The maximum absolute atomic E-state index is 13.5. The van der Waals surface area contributed by atoms with Crippen LogP contribution in [0.25, 0.3) is 0 Å². The average Bonchev–Trinajstić information content (AvgIpc) is 3.23.